The molecule has 7 heteroatoms. The molecule has 0 aliphatic rings. The predicted octanol–water partition coefficient (Wildman–Crippen LogP) is 0.997. The summed E-state index contributed by atoms with van der Waals surface area (Å²) in [5.74, 6) is 2.24. The molecule has 4 nitrogen and oxygen atoms in total. The summed E-state index contributed by atoms with van der Waals surface area (Å²) in [6.07, 6.45) is 0.527. The number of hydrogen-bond donors (Lipinski definition) is 2. The van der Waals surface area contributed by atoms with Crippen molar-refractivity contribution in [2.24, 2.45) is 0 Å². The van der Waals surface area contributed by atoms with Gasteiger partial charge in [0.2, 0.25) is 10.0 Å². The Bertz CT molecular complexity index is 618. The SMILES string of the molecule is CCCNS(=O)(=O)c1c(F)cc(F)cc1C#CCO. The van der Waals surface area contributed by atoms with Crippen molar-refractivity contribution < 1.29 is 22.3 Å². The molecule has 0 saturated heterocycles. The lowest BCUT2D eigenvalue weighted by molar-refractivity contribution is 0.350. The monoisotopic (exact) mass is 289 g/mol. The van der Waals surface area contributed by atoms with E-state index in [1.54, 1.807) is 6.92 Å². The first-order valence-corrected chi connectivity index (χ1v) is 6.99. The molecule has 0 fully saturated rings. The molecular weight excluding hydrogens is 276 g/mol. The Kier molecular flexibility index (Phi) is 5.42. The van der Waals surface area contributed by atoms with E-state index >= 15 is 0 Å². The molecular formula is C12H13F2NO3S. The van der Waals surface area contributed by atoms with Gasteiger partial charge in [-0.15, -0.1) is 0 Å². The van der Waals surface area contributed by atoms with Crippen LogP contribution >= 0.6 is 0 Å². The number of halogens is 2. The van der Waals surface area contributed by atoms with Crippen LogP contribution < -0.4 is 4.72 Å². The lowest BCUT2D eigenvalue weighted by Crippen LogP contribution is -2.26. The average molecular weight is 289 g/mol. The number of benzene rings is 1. The second-order valence-corrected chi connectivity index (χ2v) is 5.33. The van der Waals surface area contributed by atoms with E-state index in [1.165, 1.54) is 0 Å². The van der Waals surface area contributed by atoms with Crippen molar-refractivity contribution in [3.8, 4) is 11.8 Å². The summed E-state index contributed by atoms with van der Waals surface area (Å²) in [5.41, 5.74) is -0.324. The van der Waals surface area contributed by atoms with Crippen molar-refractivity contribution in [2.45, 2.75) is 18.2 Å². The van der Waals surface area contributed by atoms with Crippen LogP contribution in [0, 0.1) is 23.5 Å². The smallest absolute Gasteiger partial charge is 0.244 e. The zero-order valence-corrected chi connectivity index (χ0v) is 11.0. The zero-order valence-electron chi connectivity index (χ0n) is 10.2. The Morgan fingerprint density at radius 1 is 1.37 bits per heavy atom. The minimum Gasteiger partial charge on any atom is -0.384 e. The van der Waals surface area contributed by atoms with E-state index in [-0.39, 0.29) is 12.1 Å². The number of aliphatic hydroxyl groups is 1. The molecule has 1 aromatic carbocycles. The third kappa shape index (κ3) is 3.99. The molecule has 0 atom stereocenters. The molecule has 0 aliphatic heterocycles. The van der Waals surface area contributed by atoms with Gasteiger partial charge in [0, 0.05) is 12.6 Å². The summed E-state index contributed by atoms with van der Waals surface area (Å²) < 4.78 is 52.7. The number of nitrogens with one attached hydrogen (secondary N) is 1. The molecule has 0 saturated carbocycles. The van der Waals surface area contributed by atoms with E-state index in [0.29, 0.717) is 12.5 Å². The first kappa shape index (κ1) is 15.6. The summed E-state index contributed by atoms with van der Waals surface area (Å²) in [7, 11) is -4.11. The molecule has 0 spiro atoms. The highest BCUT2D eigenvalue weighted by Crippen LogP contribution is 2.20. The van der Waals surface area contributed by atoms with Crippen LogP contribution in [-0.4, -0.2) is 26.7 Å². The van der Waals surface area contributed by atoms with E-state index in [1.807, 2.05) is 0 Å². The lowest BCUT2D eigenvalue weighted by atomic mass is 10.2. The van der Waals surface area contributed by atoms with E-state index < -0.39 is 33.2 Å². The maximum atomic E-state index is 13.7. The standard InChI is InChI=1S/C12H13F2NO3S/c1-2-5-15-19(17,18)12-9(4-3-6-16)7-10(13)8-11(12)14/h7-8,15-16H,2,5-6H2,1H3. The van der Waals surface area contributed by atoms with E-state index in [4.69, 9.17) is 5.11 Å². The van der Waals surface area contributed by atoms with Crippen LogP contribution in [0.15, 0.2) is 17.0 Å². The molecule has 1 rings (SSSR count). The van der Waals surface area contributed by atoms with Crippen LogP contribution in [0.25, 0.3) is 0 Å². The number of aliphatic hydroxyl groups excluding tert-OH is 1. The maximum absolute atomic E-state index is 13.7. The van der Waals surface area contributed by atoms with E-state index in [2.05, 4.69) is 16.6 Å². The van der Waals surface area contributed by atoms with Crippen molar-refractivity contribution >= 4 is 10.0 Å². The van der Waals surface area contributed by atoms with Crippen molar-refractivity contribution in [2.75, 3.05) is 13.2 Å². The fourth-order valence-electron chi connectivity index (χ4n) is 1.37. The Morgan fingerprint density at radius 2 is 2.05 bits per heavy atom. The van der Waals surface area contributed by atoms with Gasteiger partial charge in [0.15, 0.2) is 0 Å². The zero-order chi connectivity index (χ0) is 14.5. The topological polar surface area (TPSA) is 66.4 Å². The summed E-state index contributed by atoms with van der Waals surface area (Å²) in [5, 5.41) is 8.58. The molecule has 0 unspecified atom stereocenters. The average Bonchev–Trinajstić information content (AvgIpc) is 2.32. The predicted molar refractivity (Wildman–Crippen MR) is 65.8 cm³/mol. The van der Waals surface area contributed by atoms with E-state index in [9.17, 15) is 17.2 Å². The van der Waals surface area contributed by atoms with Gasteiger partial charge in [-0.2, -0.15) is 0 Å². The van der Waals surface area contributed by atoms with Crippen molar-refractivity contribution in [1.29, 1.82) is 0 Å². The summed E-state index contributed by atoms with van der Waals surface area (Å²) >= 11 is 0. The molecule has 19 heavy (non-hydrogen) atoms. The minimum atomic E-state index is -4.11. The molecule has 0 heterocycles. The number of sulfonamides is 1. The normalized spacial score (nSPS) is 10.9. The van der Waals surface area contributed by atoms with Crippen LogP contribution in [0.4, 0.5) is 8.78 Å². The summed E-state index contributed by atoms with van der Waals surface area (Å²) in [6.45, 7) is 1.34. The molecule has 1 aromatic rings. The lowest BCUT2D eigenvalue weighted by Gasteiger charge is -2.09. The van der Waals surface area contributed by atoms with Gasteiger partial charge in [-0.25, -0.2) is 21.9 Å². The molecule has 104 valence electrons. The Labute approximate surface area is 110 Å². The summed E-state index contributed by atoms with van der Waals surface area (Å²) in [4.78, 5) is -0.705. The molecule has 0 aromatic heterocycles. The van der Waals surface area contributed by atoms with Crippen LogP contribution in [0.3, 0.4) is 0 Å². The van der Waals surface area contributed by atoms with Gasteiger partial charge in [0.1, 0.15) is 23.1 Å². The third-order valence-electron chi connectivity index (χ3n) is 2.12. The van der Waals surface area contributed by atoms with Gasteiger partial charge < -0.3 is 5.11 Å². The molecule has 0 bridgehead atoms. The van der Waals surface area contributed by atoms with Gasteiger partial charge in [-0.1, -0.05) is 18.8 Å². The maximum Gasteiger partial charge on any atom is 0.244 e. The highest BCUT2D eigenvalue weighted by molar-refractivity contribution is 7.89. The van der Waals surface area contributed by atoms with Gasteiger partial charge in [-0.05, 0) is 12.5 Å². The second kappa shape index (κ2) is 6.61. The molecule has 0 radical (unpaired) electrons. The quantitative estimate of drug-likeness (QED) is 0.813. The van der Waals surface area contributed by atoms with E-state index in [0.717, 1.165) is 6.07 Å². The van der Waals surface area contributed by atoms with Crippen molar-refractivity contribution in [3.05, 3.63) is 29.3 Å². The van der Waals surface area contributed by atoms with Crippen LogP contribution in [0.5, 0.6) is 0 Å². The Balaban J connectivity index is 3.40. The van der Waals surface area contributed by atoms with Gasteiger partial charge >= 0.3 is 0 Å². The second-order valence-electron chi connectivity index (χ2n) is 3.62. The van der Waals surface area contributed by atoms with Crippen LogP contribution in [-0.2, 0) is 10.0 Å². The Hall–Kier alpha value is -1.49. The fraction of sp³-hybridized carbons (Fsp3) is 0.333. The molecule has 0 aliphatic carbocycles. The van der Waals surface area contributed by atoms with Crippen molar-refractivity contribution in [1.82, 2.24) is 4.72 Å². The summed E-state index contributed by atoms with van der Waals surface area (Å²) in [6, 6.07) is 1.29. The van der Waals surface area contributed by atoms with Gasteiger partial charge in [-0.3, -0.25) is 0 Å². The fourth-order valence-corrected chi connectivity index (χ4v) is 2.70. The Morgan fingerprint density at radius 3 is 2.63 bits per heavy atom. The first-order valence-electron chi connectivity index (χ1n) is 5.50. The number of hydrogen-bond acceptors (Lipinski definition) is 3. The van der Waals surface area contributed by atoms with Gasteiger partial charge in [0.25, 0.3) is 0 Å². The van der Waals surface area contributed by atoms with Gasteiger partial charge in [0.05, 0.1) is 5.56 Å². The highest BCUT2D eigenvalue weighted by atomic mass is 32.2. The molecule has 0 amide bonds. The molecule has 2 N–H and O–H groups in total. The highest BCUT2D eigenvalue weighted by Gasteiger charge is 2.23. The van der Waals surface area contributed by atoms with Crippen LogP contribution in [0.2, 0.25) is 0 Å². The van der Waals surface area contributed by atoms with Crippen molar-refractivity contribution in [3.63, 3.8) is 0 Å². The largest absolute Gasteiger partial charge is 0.384 e. The number of rotatable bonds is 4. The van der Waals surface area contributed by atoms with Crippen LogP contribution in [0.1, 0.15) is 18.9 Å². The third-order valence-corrected chi connectivity index (χ3v) is 3.66. The first-order chi connectivity index (χ1) is 8.92. The minimum absolute atomic E-state index is 0.131.